The van der Waals surface area contributed by atoms with Crippen LogP contribution < -0.4 is 5.73 Å². The van der Waals surface area contributed by atoms with Crippen molar-refractivity contribution in [2.75, 3.05) is 13.2 Å². The molecule has 0 fully saturated rings. The zero-order valence-electron chi connectivity index (χ0n) is 13.1. The van der Waals surface area contributed by atoms with Crippen molar-refractivity contribution in [3.8, 4) is 0 Å². The molecule has 0 aromatic heterocycles. The molecule has 20 heavy (non-hydrogen) atoms. The normalized spacial score (nSPS) is 12.5. The molecule has 0 aliphatic rings. The van der Waals surface area contributed by atoms with Gasteiger partial charge in [-0.1, -0.05) is 58.3 Å². The number of unbranched alkanes of at least 4 members (excludes halogenated alkanes) is 7. The Bertz CT molecular complexity index is 222. The van der Waals surface area contributed by atoms with E-state index >= 15 is 0 Å². The summed E-state index contributed by atoms with van der Waals surface area (Å²) in [5, 5.41) is 8.48. The lowest BCUT2D eigenvalue weighted by atomic mass is 10.1. The molecule has 4 heteroatoms. The Morgan fingerprint density at radius 1 is 1.05 bits per heavy atom. The Kier molecular flexibility index (Phi) is 14.3. The Labute approximate surface area is 124 Å². The molecular weight excluding hydrogens is 254 g/mol. The van der Waals surface area contributed by atoms with Crippen LogP contribution in [-0.4, -0.2) is 30.3 Å². The second-order valence-electron chi connectivity index (χ2n) is 5.60. The molecule has 1 unspecified atom stereocenters. The number of hydrogen-bond acceptors (Lipinski definition) is 3. The van der Waals surface area contributed by atoms with Gasteiger partial charge >= 0.3 is 5.97 Å². The Morgan fingerprint density at radius 3 is 2.25 bits per heavy atom. The molecule has 0 aromatic rings. The minimum Gasteiger partial charge on any atom is -0.481 e. The van der Waals surface area contributed by atoms with E-state index in [4.69, 9.17) is 15.6 Å². The number of aliphatic carboxylic acids is 1. The van der Waals surface area contributed by atoms with Gasteiger partial charge in [-0.3, -0.25) is 4.79 Å². The maximum Gasteiger partial charge on any atom is 0.303 e. The maximum atomic E-state index is 10.3. The number of hydrogen-bond donors (Lipinski definition) is 2. The predicted octanol–water partition coefficient (Wildman–Crippen LogP) is 3.73. The molecule has 0 radical (unpaired) electrons. The van der Waals surface area contributed by atoms with E-state index in [1.54, 1.807) is 0 Å². The molecule has 0 rings (SSSR count). The van der Waals surface area contributed by atoms with E-state index in [1.165, 1.54) is 51.4 Å². The predicted molar refractivity (Wildman–Crippen MR) is 82.9 cm³/mol. The number of rotatable bonds is 15. The molecule has 1 atom stereocenters. The van der Waals surface area contributed by atoms with Gasteiger partial charge in [0.2, 0.25) is 0 Å². The van der Waals surface area contributed by atoms with Gasteiger partial charge in [-0.2, -0.15) is 0 Å². The van der Waals surface area contributed by atoms with Crippen molar-refractivity contribution in [2.45, 2.75) is 83.6 Å². The van der Waals surface area contributed by atoms with Crippen molar-refractivity contribution in [2.24, 2.45) is 5.73 Å². The molecule has 4 nitrogen and oxygen atoms in total. The maximum absolute atomic E-state index is 10.3. The van der Waals surface area contributed by atoms with Crippen molar-refractivity contribution in [1.82, 2.24) is 0 Å². The van der Waals surface area contributed by atoms with Gasteiger partial charge in [0.25, 0.3) is 0 Å². The lowest BCUT2D eigenvalue weighted by molar-refractivity contribution is -0.137. The fourth-order valence-electron chi connectivity index (χ4n) is 2.18. The van der Waals surface area contributed by atoms with E-state index in [0.717, 1.165) is 6.42 Å². The highest BCUT2D eigenvalue weighted by molar-refractivity contribution is 5.66. The first-order valence-corrected chi connectivity index (χ1v) is 8.22. The van der Waals surface area contributed by atoms with Crippen molar-refractivity contribution in [3.05, 3.63) is 0 Å². The lowest BCUT2D eigenvalue weighted by Crippen LogP contribution is -2.26. The average Bonchev–Trinajstić information content (AvgIpc) is 2.41. The highest BCUT2D eigenvalue weighted by atomic mass is 16.5. The van der Waals surface area contributed by atoms with Gasteiger partial charge in [-0.05, 0) is 12.8 Å². The van der Waals surface area contributed by atoms with Crippen LogP contribution in [0.3, 0.4) is 0 Å². The number of carboxylic acids is 1. The first-order valence-electron chi connectivity index (χ1n) is 8.22. The minimum atomic E-state index is -0.767. The first-order chi connectivity index (χ1) is 9.66. The highest BCUT2D eigenvalue weighted by Gasteiger charge is 2.03. The zero-order valence-corrected chi connectivity index (χ0v) is 13.1. The molecular formula is C16H33NO3. The van der Waals surface area contributed by atoms with Gasteiger partial charge in [0.15, 0.2) is 0 Å². The molecule has 0 saturated carbocycles. The van der Waals surface area contributed by atoms with Gasteiger partial charge in [0.05, 0.1) is 6.61 Å². The van der Waals surface area contributed by atoms with Gasteiger partial charge in [-0.25, -0.2) is 0 Å². The third-order valence-corrected chi connectivity index (χ3v) is 3.44. The quantitative estimate of drug-likeness (QED) is 0.450. The van der Waals surface area contributed by atoms with Crippen molar-refractivity contribution in [1.29, 1.82) is 0 Å². The topological polar surface area (TPSA) is 72.5 Å². The van der Waals surface area contributed by atoms with Crippen LogP contribution in [0.2, 0.25) is 0 Å². The lowest BCUT2D eigenvalue weighted by Gasteiger charge is -2.11. The summed E-state index contributed by atoms with van der Waals surface area (Å²) in [6, 6.07) is 0.0971. The third-order valence-electron chi connectivity index (χ3n) is 3.44. The second kappa shape index (κ2) is 14.8. The number of carbonyl (C=O) groups is 1. The Balaban J connectivity index is 3.16. The zero-order chi connectivity index (χ0) is 15.1. The number of carboxylic acid groups (broad SMARTS) is 1. The van der Waals surface area contributed by atoms with Crippen molar-refractivity contribution >= 4 is 5.97 Å². The fraction of sp³-hybridized carbons (Fsp3) is 0.938. The summed E-state index contributed by atoms with van der Waals surface area (Å²) >= 11 is 0. The van der Waals surface area contributed by atoms with Crippen LogP contribution in [0.5, 0.6) is 0 Å². The van der Waals surface area contributed by atoms with E-state index in [1.807, 2.05) is 0 Å². The van der Waals surface area contributed by atoms with Crippen molar-refractivity contribution < 1.29 is 14.6 Å². The van der Waals surface area contributed by atoms with Crippen LogP contribution in [0.25, 0.3) is 0 Å². The average molecular weight is 287 g/mol. The SMILES string of the molecule is CCCCCCCCCCC(N)COCCCC(=O)O. The molecule has 0 saturated heterocycles. The monoisotopic (exact) mass is 287 g/mol. The summed E-state index contributed by atoms with van der Waals surface area (Å²) < 4.78 is 5.38. The molecule has 0 heterocycles. The molecule has 0 aromatic carbocycles. The van der Waals surface area contributed by atoms with Crippen molar-refractivity contribution in [3.63, 3.8) is 0 Å². The van der Waals surface area contributed by atoms with Crippen LogP contribution in [0.4, 0.5) is 0 Å². The van der Waals surface area contributed by atoms with E-state index in [9.17, 15) is 4.79 Å². The summed E-state index contributed by atoms with van der Waals surface area (Å²) in [5.74, 6) is -0.767. The summed E-state index contributed by atoms with van der Waals surface area (Å²) in [5.41, 5.74) is 5.95. The molecule has 0 aliphatic heterocycles. The molecule has 0 bridgehead atoms. The minimum absolute atomic E-state index is 0.0971. The van der Waals surface area contributed by atoms with E-state index in [-0.39, 0.29) is 12.5 Å². The fourth-order valence-corrected chi connectivity index (χ4v) is 2.18. The standard InChI is InChI=1S/C16H33NO3/c1-2-3-4-5-6-7-8-9-11-15(17)14-20-13-10-12-16(18)19/h15H,2-14,17H2,1H3,(H,18,19). The number of nitrogens with two attached hydrogens (primary N) is 1. The van der Waals surface area contributed by atoms with Crippen LogP contribution in [0, 0.1) is 0 Å². The van der Waals surface area contributed by atoms with Crippen LogP contribution in [-0.2, 0) is 9.53 Å². The van der Waals surface area contributed by atoms with E-state index in [2.05, 4.69) is 6.92 Å². The highest BCUT2D eigenvalue weighted by Crippen LogP contribution is 2.10. The molecule has 120 valence electrons. The van der Waals surface area contributed by atoms with Gasteiger partial charge in [0, 0.05) is 19.1 Å². The summed E-state index contributed by atoms with van der Waals surface area (Å²) in [6.45, 7) is 3.29. The molecule has 3 N–H and O–H groups in total. The molecule has 0 amide bonds. The van der Waals surface area contributed by atoms with Gasteiger partial charge < -0.3 is 15.6 Å². The Hall–Kier alpha value is -0.610. The Morgan fingerprint density at radius 2 is 1.65 bits per heavy atom. The molecule has 0 spiro atoms. The van der Waals surface area contributed by atoms with E-state index < -0.39 is 5.97 Å². The van der Waals surface area contributed by atoms with Gasteiger partial charge in [0.1, 0.15) is 0 Å². The third kappa shape index (κ3) is 15.4. The second-order valence-corrected chi connectivity index (χ2v) is 5.60. The van der Waals surface area contributed by atoms with Crippen LogP contribution >= 0.6 is 0 Å². The van der Waals surface area contributed by atoms with Gasteiger partial charge in [-0.15, -0.1) is 0 Å². The summed E-state index contributed by atoms with van der Waals surface area (Å²) in [7, 11) is 0. The number of ether oxygens (including phenoxy) is 1. The molecule has 0 aliphatic carbocycles. The van der Waals surface area contributed by atoms with Crippen LogP contribution in [0.1, 0.15) is 77.6 Å². The van der Waals surface area contributed by atoms with Crippen LogP contribution in [0.15, 0.2) is 0 Å². The summed E-state index contributed by atoms with van der Waals surface area (Å²) in [4.78, 5) is 10.3. The smallest absolute Gasteiger partial charge is 0.303 e. The summed E-state index contributed by atoms with van der Waals surface area (Å²) in [6.07, 6.45) is 12.3. The van der Waals surface area contributed by atoms with E-state index in [0.29, 0.717) is 19.6 Å². The first kappa shape index (κ1) is 19.4. The largest absolute Gasteiger partial charge is 0.481 e.